The Balaban J connectivity index is 2.03. The van der Waals surface area contributed by atoms with Crippen molar-refractivity contribution >= 4 is 5.91 Å². The normalized spacial score (nSPS) is 33.1. The van der Waals surface area contributed by atoms with Crippen molar-refractivity contribution in [2.45, 2.75) is 31.4 Å². The Kier molecular flexibility index (Phi) is 4.59. The molecule has 5 heteroatoms. The number of amides is 1. The van der Waals surface area contributed by atoms with Gasteiger partial charge in [-0.05, 0) is 26.9 Å². The number of ether oxygens (including phenoxy) is 1. The van der Waals surface area contributed by atoms with Crippen molar-refractivity contribution in [3.05, 3.63) is 0 Å². The molecule has 104 valence electrons. The maximum atomic E-state index is 12.2. The lowest BCUT2D eigenvalue weighted by Crippen LogP contribution is -2.55. The predicted molar refractivity (Wildman–Crippen MR) is 68.2 cm³/mol. The van der Waals surface area contributed by atoms with Crippen molar-refractivity contribution < 1.29 is 14.6 Å². The first-order chi connectivity index (χ1) is 8.59. The fourth-order valence-electron chi connectivity index (χ4n) is 3.07. The van der Waals surface area contributed by atoms with E-state index in [9.17, 15) is 9.90 Å². The van der Waals surface area contributed by atoms with Gasteiger partial charge in [-0.2, -0.15) is 0 Å². The van der Waals surface area contributed by atoms with Crippen LogP contribution >= 0.6 is 0 Å². The largest absolute Gasteiger partial charge is 0.393 e. The molecule has 5 nitrogen and oxygen atoms in total. The molecule has 2 rings (SSSR count). The van der Waals surface area contributed by atoms with Gasteiger partial charge in [-0.1, -0.05) is 6.42 Å². The van der Waals surface area contributed by atoms with Crippen LogP contribution in [0, 0.1) is 5.92 Å². The van der Waals surface area contributed by atoms with Gasteiger partial charge in [0.25, 0.3) is 0 Å². The van der Waals surface area contributed by atoms with Crippen LogP contribution in [0.15, 0.2) is 0 Å². The van der Waals surface area contributed by atoms with Crippen LogP contribution in [-0.2, 0) is 9.53 Å². The predicted octanol–water partition coefficient (Wildman–Crippen LogP) is -0.0636. The first-order valence-corrected chi connectivity index (χ1v) is 6.79. The highest BCUT2D eigenvalue weighted by atomic mass is 16.5. The number of carbonyl (C=O) groups is 1. The molecule has 1 aliphatic heterocycles. The molecule has 0 aromatic heterocycles. The van der Waals surface area contributed by atoms with E-state index in [1.54, 1.807) is 0 Å². The summed E-state index contributed by atoms with van der Waals surface area (Å²) in [5.74, 6) is 0.337. The molecule has 1 N–H and O–H groups in total. The standard InChI is InChI=1S/C13H24N2O3/c1-14(2)8-13(17)15-6-7-18-9-11(15)10-4-3-5-12(10)16/h10-12,16H,3-9H2,1-2H3/t10-,11+,12+/m0/s1. The number of aliphatic hydroxyl groups excluding tert-OH is 1. The monoisotopic (exact) mass is 256 g/mol. The molecule has 0 unspecified atom stereocenters. The molecular weight excluding hydrogens is 232 g/mol. The van der Waals surface area contributed by atoms with E-state index in [0.717, 1.165) is 19.3 Å². The Labute approximate surface area is 109 Å². The summed E-state index contributed by atoms with van der Waals surface area (Å²) in [6, 6.07) is 0.0590. The Hall–Kier alpha value is -0.650. The van der Waals surface area contributed by atoms with Crippen LogP contribution in [0.2, 0.25) is 0 Å². The van der Waals surface area contributed by atoms with Crippen LogP contribution in [0.5, 0.6) is 0 Å². The second-order valence-corrected chi connectivity index (χ2v) is 5.63. The van der Waals surface area contributed by atoms with Crippen molar-refractivity contribution in [3.8, 4) is 0 Å². The van der Waals surface area contributed by atoms with E-state index >= 15 is 0 Å². The van der Waals surface area contributed by atoms with Gasteiger partial charge in [0.05, 0.1) is 31.9 Å². The molecule has 2 aliphatic rings. The number of nitrogens with zero attached hydrogens (tertiary/aromatic N) is 2. The van der Waals surface area contributed by atoms with Gasteiger partial charge < -0.3 is 19.6 Å². The Morgan fingerprint density at radius 3 is 2.83 bits per heavy atom. The zero-order chi connectivity index (χ0) is 13.1. The number of carbonyl (C=O) groups excluding carboxylic acids is 1. The SMILES string of the molecule is CN(C)CC(=O)N1CCOC[C@@H]1[C@@H]1CCC[C@H]1O. The molecule has 3 atom stereocenters. The van der Waals surface area contributed by atoms with Gasteiger partial charge in [0.1, 0.15) is 0 Å². The average Bonchev–Trinajstić information content (AvgIpc) is 2.74. The number of morpholine rings is 1. The van der Waals surface area contributed by atoms with Crippen LogP contribution in [-0.4, -0.2) is 73.4 Å². The molecule has 0 aromatic carbocycles. The van der Waals surface area contributed by atoms with E-state index in [1.165, 1.54) is 0 Å². The summed E-state index contributed by atoms with van der Waals surface area (Å²) in [6.07, 6.45) is 2.64. The summed E-state index contributed by atoms with van der Waals surface area (Å²) < 4.78 is 5.51. The minimum atomic E-state index is -0.272. The van der Waals surface area contributed by atoms with Crippen LogP contribution in [0.4, 0.5) is 0 Å². The molecule has 0 aromatic rings. The number of likely N-dealkylation sites (N-methyl/N-ethyl adjacent to an activating group) is 1. The Bertz CT molecular complexity index is 296. The topological polar surface area (TPSA) is 53.0 Å². The highest BCUT2D eigenvalue weighted by Gasteiger charge is 2.39. The van der Waals surface area contributed by atoms with Crippen LogP contribution in [0.25, 0.3) is 0 Å². The summed E-state index contributed by atoms with van der Waals surface area (Å²) in [7, 11) is 3.80. The lowest BCUT2D eigenvalue weighted by molar-refractivity contribution is -0.144. The second-order valence-electron chi connectivity index (χ2n) is 5.63. The van der Waals surface area contributed by atoms with Gasteiger partial charge >= 0.3 is 0 Å². The van der Waals surface area contributed by atoms with Gasteiger partial charge in [-0.3, -0.25) is 4.79 Å². The fraction of sp³-hybridized carbons (Fsp3) is 0.923. The molecule has 1 saturated heterocycles. The summed E-state index contributed by atoms with van der Waals surface area (Å²) in [5.41, 5.74) is 0. The summed E-state index contributed by atoms with van der Waals surface area (Å²) in [4.78, 5) is 16.0. The van der Waals surface area contributed by atoms with Crippen LogP contribution in [0.3, 0.4) is 0 Å². The molecule has 1 aliphatic carbocycles. The van der Waals surface area contributed by atoms with Gasteiger partial charge in [0.2, 0.25) is 5.91 Å². The minimum absolute atomic E-state index is 0.0590. The van der Waals surface area contributed by atoms with E-state index in [4.69, 9.17) is 4.74 Å². The lowest BCUT2D eigenvalue weighted by Gasteiger charge is -2.40. The highest BCUT2D eigenvalue weighted by molar-refractivity contribution is 5.78. The first kappa shape index (κ1) is 13.8. The molecule has 0 spiro atoms. The third-order valence-electron chi connectivity index (χ3n) is 3.96. The van der Waals surface area contributed by atoms with E-state index in [2.05, 4.69) is 0 Å². The van der Waals surface area contributed by atoms with Crippen molar-refractivity contribution in [3.63, 3.8) is 0 Å². The average molecular weight is 256 g/mol. The van der Waals surface area contributed by atoms with Crippen molar-refractivity contribution in [1.29, 1.82) is 0 Å². The zero-order valence-corrected chi connectivity index (χ0v) is 11.3. The third-order valence-corrected chi connectivity index (χ3v) is 3.96. The van der Waals surface area contributed by atoms with E-state index in [0.29, 0.717) is 26.3 Å². The number of hydrogen-bond donors (Lipinski definition) is 1. The van der Waals surface area contributed by atoms with Crippen molar-refractivity contribution in [1.82, 2.24) is 9.80 Å². The van der Waals surface area contributed by atoms with Crippen molar-refractivity contribution in [2.75, 3.05) is 40.4 Å². The van der Waals surface area contributed by atoms with Gasteiger partial charge in [0, 0.05) is 12.5 Å². The Morgan fingerprint density at radius 1 is 1.44 bits per heavy atom. The quantitative estimate of drug-likeness (QED) is 0.768. The maximum absolute atomic E-state index is 12.2. The molecule has 0 radical (unpaired) electrons. The van der Waals surface area contributed by atoms with Gasteiger partial charge in [0.15, 0.2) is 0 Å². The number of rotatable bonds is 3. The zero-order valence-electron chi connectivity index (χ0n) is 11.3. The molecule has 2 fully saturated rings. The molecular formula is C13H24N2O3. The van der Waals surface area contributed by atoms with E-state index in [-0.39, 0.29) is 24.0 Å². The van der Waals surface area contributed by atoms with Crippen LogP contribution < -0.4 is 0 Å². The summed E-state index contributed by atoms with van der Waals surface area (Å²) in [5, 5.41) is 10.0. The summed E-state index contributed by atoms with van der Waals surface area (Å²) >= 11 is 0. The van der Waals surface area contributed by atoms with Gasteiger partial charge in [-0.15, -0.1) is 0 Å². The summed E-state index contributed by atoms with van der Waals surface area (Å²) in [6.45, 7) is 2.26. The van der Waals surface area contributed by atoms with E-state index in [1.807, 2.05) is 23.9 Å². The lowest BCUT2D eigenvalue weighted by atomic mass is 9.94. The molecule has 0 bridgehead atoms. The maximum Gasteiger partial charge on any atom is 0.237 e. The van der Waals surface area contributed by atoms with E-state index < -0.39 is 0 Å². The minimum Gasteiger partial charge on any atom is -0.393 e. The third kappa shape index (κ3) is 3.02. The molecule has 18 heavy (non-hydrogen) atoms. The highest BCUT2D eigenvalue weighted by Crippen LogP contribution is 2.32. The first-order valence-electron chi connectivity index (χ1n) is 6.79. The fourth-order valence-corrected chi connectivity index (χ4v) is 3.07. The number of hydrogen-bond acceptors (Lipinski definition) is 4. The second kappa shape index (κ2) is 5.99. The molecule has 1 saturated carbocycles. The number of aliphatic hydroxyl groups is 1. The molecule has 1 heterocycles. The Morgan fingerprint density at radius 2 is 2.22 bits per heavy atom. The van der Waals surface area contributed by atoms with Crippen LogP contribution in [0.1, 0.15) is 19.3 Å². The molecule has 1 amide bonds. The van der Waals surface area contributed by atoms with Crippen molar-refractivity contribution in [2.24, 2.45) is 5.92 Å². The smallest absolute Gasteiger partial charge is 0.237 e. The van der Waals surface area contributed by atoms with Gasteiger partial charge in [-0.25, -0.2) is 0 Å².